The van der Waals surface area contributed by atoms with Gasteiger partial charge in [0.15, 0.2) is 5.65 Å². The smallest absolute Gasteiger partial charge is 0.226 e. The number of para-hydroxylation sites is 1. The molecule has 2 heterocycles. The highest BCUT2D eigenvalue weighted by atomic mass is 16.5. The minimum absolute atomic E-state index is 0.227. The number of anilines is 3. The van der Waals surface area contributed by atoms with Crippen molar-refractivity contribution in [2.24, 2.45) is 0 Å². The molecule has 2 aromatic heterocycles. The third kappa shape index (κ3) is 4.23. The summed E-state index contributed by atoms with van der Waals surface area (Å²) < 4.78 is 12.7. The Morgan fingerprint density at radius 3 is 2.55 bits per heavy atom. The molecule has 8 nitrogen and oxygen atoms in total. The normalized spacial score (nSPS) is 11.9. The van der Waals surface area contributed by atoms with Crippen LogP contribution in [0.25, 0.3) is 16.7 Å². The van der Waals surface area contributed by atoms with Crippen LogP contribution >= 0.6 is 0 Å². The van der Waals surface area contributed by atoms with Crippen molar-refractivity contribution in [3.05, 3.63) is 54.7 Å². The summed E-state index contributed by atoms with van der Waals surface area (Å²) in [6, 6.07) is 15.7. The van der Waals surface area contributed by atoms with Crippen LogP contribution in [0.4, 0.5) is 17.5 Å². The summed E-state index contributed by atoms with van der Waals surface area (Å²) in [5.74, 6) is 2.56. The number of methoxy groups -OCH3 is 2. The standard InChI is InChI=1S/C23H26N6O2/c1-5-15(2)25-23-27-21(26-19-13-17(30-3)11-12-20(19)31-4)18-14-24-29(22(18)28-23)16-9-7-6-8-10-16/h6-15H,5H2,1-4H3,(H2,25,26,27,28)/t15-/m1/s1. The Balaban J connectivity index is 1.85. The lowest BCUT2D eigenvalue weighted by molar-refractivity contribution is 0.405. The van der Waals surface area contributed by atoms with Gasteiger partial charge in [0.25, 0.3) is 0 Å². The Bertz CT molecular complexity index is 1180. The molecule has 2 N–H and O–H groups in total. The van der Waals surface area contributed by atoms with Gasteiger partial charge in [0.2, 0.25) is 5.95 Å². The molecule has 4 rings (SSSR count). The molecule has 0 saturated carbocycles. The molecule has 0 unspecified atom stereocenters. The third-order valence-electron chi connectivity index (χ3n) is 5.08. The van der Waals surface area contributed by atoms with E-state index < -0.39 is 0 Å². The van der Waals surface area contributed by atoms with E-state index in [2.05, 4.69) is 29.6 Å². The van der Waals surface area contributed by atoms with Crippen LogP contribution in [0.3, 0.4) is 0 Å². The molecule has 0 aliphatic heterocycles. The van der Waals surface area contributed by atoms with Crippen molar-refractivity contribution >= 4 is 28.5 Å². The first kappa shape index (κ1) is 20.5. The number of fused-ring (bicyclic) bond motifs is 1. The fourth-order valence-electron chi connectivity index (χ4n) is 3.19. The molecule has 8 heteroatoms. The second-order valence-electron chi connectivity index (χ2n) is 7.17. The van der Waals surface area contributed by atoms with Gasteiger partial charge >= 0.3 is 0 Å². The first-order chi connectivity index (χ1) is 15.1. The summed E-state index contributed by atoms with van der Waals surface area (Å²) in [7, 11) is 3.26. The second-order valence-corrected chi connectivity index (χ2v) is 7.17. The zero-order valence-electron chi connectivity index (χ0n) is 18.1. The van der Waals surface area contributed by atoms with E-state index in [1.54, 1.807) is 20.4 Å². The van der Waals surface area contributed by atoms with Crippen LogP contribution in [-0.2, 0) is 0 Å². The average Bonchev–Trinajstić information content (AvgIpc) is 3.23. The van der Waals surface area contributed by atoms with Crippen molar-refractivity contribution in [1.29, 1.82) is 0 Å². The molecular formula is C23H26N6O2. The van der Waals surface area contributed by atoms with E-state index in [0.29, 0.717) is 28.9 Å². The number of rotatable bonds is 8. The van der Waals surface area contributed by atoms with E-state index in [-0.39, 0.29) is 6.04 Å². The molecule has 4 aromatic rings. The maximum Gasteiger partial charge on any atom is 0.226 e. The van der Waals surface area contributed by atoms with Gasteiger partial charge in [0.05, 0.1) is 37.2 Å². The average molecular weight is 419 g/mol. The number of ether oxygens (including phenoxy) is 2. The predicted octanol–water partition coefficient (Wildman–Crippen LogP) is 4.79. The maximum absolute atomic E-state index is 5.52. The van der Waals surface area contributed by atoms with E-state index in [1.807, 2.05) is 53.2 Å². The molecule has 0 amide bonds. The van der Waals surface area contributed by atoms with Gasteiger partial charge in [0, 0.05) is 12.1 Å². The van der Waals surface area contributed by atoms with Crippen molar-refractivity contribution < 1.29 is 9.47 Å². The topological polar surface area (TPSA) is 86.1 Å². The van der Waals surface area contributed by atoms with Crippen LogP contribution in [0, 0.1) is 0 Å². The largest absolute Gasteiger partial charge is 0.497 e. The van der Waals surface area contributed by atoms with Gasteiger partial charge in [-0.3, -0.25) is 0 Å². The highest BCUT2D eigenvalue weighted by Crippen LogP contribution is 2.34. The Hall–Kier alpha value is -3.81. The number of hydrogen-bond donors (Lipinski definition) is 2. The molecule has 0 spiro atoms. The molecule has 0 bridgehead atoms. The van der Waals surface area contributed by atoms with Crippen LogP contribution in [0.1, 0.15) is 20.3 Å². The molecule has 31 heavy (non-hydrogen) atoms. The zero-order chi connectivity index (χ0) is 21.8. The fraction of sp³-hybridized carbons (Fsp3) is 0.261. The highest BCUT2D eigenvalue weighted by molar-refractivity contribution is 5.91. The summed E-state index contributed by atoms with van der Waals surface area (Å²) in [4.78, 5) is 9.50. The van der Waals surface area contributed by atoms with Gasteiger partial charge in [-0.1, -0.05) is 25.1 Å². The predicted molar refractivity (Wildman–Crippen MR) is 123 cm³/mol. The minimum atomic E-state index is 0.227. The number of nitrogens with one attached hydrogen (secondary N) is 2. The van der Waals surface area contributed by atoms with Crippen LogP contribution in [0.2, 0.25) is 0 Å². The Kier molecular flexibility index (Phi) is 5.88. The SMILES string of the molecule is CC[C@@H](C)Nc1nc(Nc2cc(OC)ccc2OC)c2cnn(-c3ccccc3)c2n1. The molecule has 2 aromatic carbocycles. The van der Waals surface area contributed by atoms with Crippen molar-refractivity contribution in [1.82, 2.24) is 19.7 Å². The van der Waals surface area contributed by atoms with Gasteiger partial charge in [0.1, 0.15) is 17.3 Å². The minimum Gasteiger partial charge on any atom is -0.497 e. The third-order valence-corrected chi connectivity index (χ3v) is 5.08. The van der Waals surface area contributed by atoms with Crippen molar-refractivity contribution in [3.8, 4) is 17.2 Å². The highest BCUT2D eigenvalue weighted by Gasteiger charge is 2.17. The maximum atomic E-state index is 5.52. The molecule has 0 radical (unpaired) electrons. The summed E-state index contributed by atoms with van der Waals surface area (Å²) in [6.45, 7) is 4.21. The van der Waals surface area contributed by atoms with Gasteiger partial charge in [-0.25, -0.2) is 4.68 Å². The number of nitrogens with zero attached hydrogens (tertiary/aromatic N) is 4. The lowest BCUT2D eigenvalue weighted by Gasteiger charge is -2.15. The quantitative estimate of drug-likeness (QED) is 0.426. The van der Waals surface area contributed by atoms with Crippen molar-refractivity contribution in [2.45, 2.75) is 26.3 Å². The first-order valence-corrected chi connectivity index (χ1v) is 10.2. The summed E-state index contributed by atoms with van der Waals surface area (Å²) in [5, 5.41) is 12.1. The second kappa shape index (κ2) is 8.91. The van der Waals surface area contributed by atoms with Crippen LogP contribution < -0.4 is 20.1 Å². The summed E-state index contributed by atoms with van der Waals surface area (Å²) in [5.41, 5.74) is 2.37. The molecular weight excluding hydrogens is 392 g/mol. The first-order valence-electron chi connectivity index (χ1n) is 10.2. The van der Waals surface area contributed by atoms with Gasteiger partial charge < -0.3 is 20.1 Å². The fourth-order valence-corrected chi connectivity index (χ4v) is 3.19. The Morgan fingerprint density at radius 1 is 1.03 bits per heavy atom. The number of aromatic nitrogens is 4. The van der Waals surface area contributed by atoms with Crippen molar-refractivity contribution in [3.63, 3.8) is 0 Å². The van der Waals surface area contributed by atoms with Crippen LogP contribution in [0.5, 0.6) is 11.5 Å². The monoisotopic (exact) mass is 418 g/mol. The van der Waals surface area contributed by atoms with E-state index in [9.17, 15) is 0 Å². The number of hydrogen-bond acceptors (Lipinski definition) is 7. The summed E-state index contributed by atoms with van der Waals surface area (Å²) in [6.07, 6.45) is 2.72. The number of benzene rings is 2. The molecule has 0 fully saturated rings. The van der Waals surface area contributed by atoms with E-state index in [1.165, 1.54) is 0 Å². The van der Waals surface area contributed by atoms with E-state index >= 15 is 0 Å². The lowest BCUT2D eigenvalue weighted by Crippen LogP contribution is -2.16. The van der Waals surface area contributed by atoms with Gasteiger partial charge in [-0.2, -0.15) is 15.1 Å². The van der Waals surface area contributed by atoms with Crippen LogP contribution in [0.15, 0.2) is 54.7 Å². The molecule has 0 aliphatic rings. The summed E-state index contributed by atoms with van der Waals surface area (Å²) >= 11 is 0. The van der Waals surface area contributed by atoms with Gasteiger partial charge in [-0.15, -0.1) is 0 Å². The van der Waals surface area contributed by atoms with E-state index in [0.717, 1.165) is 23.2 Å². The molecule has 160 valence electrons. The van der Waals surface area contributed by atoms with Gasteiger partial charge in [-0.05, 0) is 37.6 Å². The lowest BCUT2D eigenvalue weighted by atomic mass is 10.2. The Labute approximate surface area is 181 Å². The van der Waals surface area contributed by atoms with Crippen LogP contribution in [-0.4, -0.2) is 40.0 Å². The Morgan fingerprint density at radius 2 is 1.84 bits per heavy atom. The molecule has 1 atom stereocenters. The zero-order valence-corrected chi connectivity index (χ0v) is 18.1. The van der Waals surface area contributed by atoms with Crippen molar-refractivity contribution in [2.75, 3.05) is 24.9 Å². The molecule has 0 saturated heterocycles. The van der Waals surface area contributed by atoms with E-state index in [4.69, 9.17) is 19.4 Å². The molecule has 0 aliphatic carbocycles.